The minimum atomic E-state index is -0.244. The van der Waals surface area contributed by atoms with Crippen molar-refractivity contribution in [3.8, 4) is 5.75 Å². The molecule has 9 heteroatoms. The number of fused-ring (bicyclic) bond motifs is 6. The highest BCUT2D eigenvalue weighted by Gasteiger charge is 2.31. The molecule has 0 saturated heterocycles. The van der Waals surface area contributed by atoms with Crippen molar-refractivity contribution in [2.45, 2.75) is 11.1 Å². The van der Waals surface area contributed by atoms with Gasteiger partial charge in [-0.15, -0.1) is 11.8 Å². The molecule has 0 amide bonds. The van der Waals surface area contributed by atoms with E-state index in [0.717, 1.165) is 27.9 Å². The van der Waals surface area contributed by atoms with E-state index in [2.05, 4.69) is 13.3 Å². The number of hydrogen-bond donors (Lipinski definition) is 1. The minimum absolute atomic E-state index is 0.0648. The number of rotatable bonds is 1. The zero-order valence-electron chi connectivity index (χ0n) is 13.6. The number of hydrogen-bond acceptors (Lipinski definition) is 8. The Hall–Kier alpha value is -2.91. The summed E-state index contributed by atoms with van der Waals surface area (Å²) in [6.07, 6.45) is 1.49. The normalized spacial score (nSPS) is 16.5. The topological polar surface area (TPSA) is 94.0 Å². The van der Waals surface area contributed by atoms with E-state index in [1.54, 1.807) is 17.8 Å². The van der Waals surface area contributed by atoms with Gasteiger partial charge in [0, 0.05) is 6.07 Å². The van der Waals surface area contributed by atoms with Gasteiger partial charge in [0.1, 0.15) is 39.8 Å². The molecule has 0 spiro atoms. The van der Waals surface area contributed by atoms with E-state index in [1.807, 2.05) is 12.1 Å². The van der Waals surface area contributed by atoms with E-state index in [0.29, 0.717) is 22.3 Å². The second-order valence-electron chi connectivity index (χ2n) is 6.33. The Balaban J connectivity index is 1.64. The predicted molar refractivity (Wildman–Crippen MR) is 104 cm³/mol. The van der Waals surface area contributed by atoms with Crippen molar-refractivity contribution < 1.29 is 9.52 Å². The SMILES string of the molecule is O=c1c(C2SCc3nc4ccc5nsnc5c4n32)coc2cc(O)ccc12. The minimum Gasteiger partial charge on any atom is -0.508 e. The number of phenolic OH excluding ortho intramolecular Hbond substituents is 1. The van der Waals surface area contributed by atoms with Crippen molar-refractivity contribution in [2.24, 2.45) is 0 Å². The van der Waals surface area contributed by atoms with Gasteiger partial charge in [0.15, 0.2) is 5.43 Å². The van der Waals surface area contributed by atoms with Crippen LogP contribution in [0.3, 0.4) is 0 Å². The molecule has 27 heavy (non-hydrogen) atoms. The maximum atomic E-state index is 13.1. The molecule has 3 aromatic heterocycles. The molecule has 1 atom stereocenters. The fourth-order valence-corrected chi connectivity index (χ4v) is 5.36. The molecule has 1 N–H and O–H groups in total. The number of aromatic nitrogens is 4. The zero-order chi connectivity index (χ0) is 18.1. The van der Waals surface area contributed by atoms with Crippen molar-refractivity contribution in [2.75, 3.05) is 0 Å². The average Bonchev–Trinajstić information content (AvgIpc) is 3.35. The fraction of sp³-hybridized carbons (Fsp3) is 0.111. The highest BCUT2D eigenvalue weighted by atomic mass is 32.2. The molecule has 0 bridgehead atoms. The number of aromatic hydroxyl groups is 1. The second-order valence-corrected chi connectivity index (χ2v) is 7.92. The van der Waals surface area contributed by atoms with Gasteiger partial charge >= 0.3 is 0 Å². The summed E-state index contributed by atoms with van der Waals surface area (Å²) < 4.78 is 16.5. The van der Waals surface area contributed by atoms with Gasteiger partial charge in [-0.2, -0.15) is 8.75 Å². The lowest BCUT2D eigenvalue weighted by Crippen LogP contribution is -2.15. The predicted octanol–water partition coefficient (Wildman–Crippen LogP) is 3.65. The third-order valence-electron chi connectivity index (χ3n) is 4.80. The standard InChI is InChI=1S/C18H10N4O3S2/c23-8-1-2-9-13(5-8)25-6-10(17(9)24)18-22-14(7-26-18)19-12-4-3-11-15(16(12)22)21-27-20-11/h1-6,18,23H,7H2. The van der Waals surface area contributed by atoms with Gasteiger partial charge in [0.25, 0.3) is 0 Å². The van der Waals surface area contributed by atoms with Crippen LogP contribution in [0, 0.1) is 0 Å². The van der Waals surface area contributed by atoms with Gasteiger partial charge in [0.2, 0.25) is 0 Å². The van der Waals surface area contributed by atoms with Crippen LogP contribution in [0.15, 0.2) is 45.8 Å². The molecule has 0 saturated carbocycles. The van der Waals surface area contributed by atoms with Gasteiger partial charge in [-0.3, -0.25) is 4.79 Å². The number of nitrogens with zero attached hydrogens (tertiary/aromatic N) is 4. The van der Waals surface area contributed by atoms with Gasteiger partial charge < -0.3 is 14.1 Å². The van der Waals surface area contributed by atoms with E-state index in [4.69, 9.17) is 9.40 Å². The van der Waals surface area contributed by atoms with Crippen LogP contribution in [0.1, 0.15) is 16.8 Å². The summed E-state index contributed by atoms with van der Waals surface area (Å²) in [4.78, 5) is 17.8. The van der Waals surface area contributed by atoms with Gasteiger partial charge in [-0.1, -0.05) is 0 Å². The summed E-state index contributed by atoms with van der Waals surface area (Å²) in [6.45, 7) is 0. The van der Waals surface area contributed by atoms with E-state index in [-0.39, 0.29) is 16.6 Å². The molecule has 0 aliphatic carbocycles. The van der Waals surface area contributed by atoms with Crippen molar-refractivity contribution in [3.63, 3.8) is 0 Å². The molecular formula is C18H10N4O3S2. The van der Waals surface area contributed by atoms with E-state index in [9.17, 15) is 9.90 Å². The molecule has 6 rings (SSSR count). The summed E-state index contributed by atoms with van der Waals surface area (Å²) >= 11 is 2.80. The van der Waals surface area contributed by atoms with Crippen molar-refractivity contribution >= 4 is 56.5 Å². The molecule has 1 aliphatic rings. The maximum Gasteiger partial charge on any atom is 0.198 e. The lowest BCUT2D eigenvalue weighted by Gasteiger charge is -2.13. The van der Waals surface area contributed by atoms with E-state index in [1.165, 1.54) is 30.1 Å². The molecule has 1 unspecified atom stereocenters. The molecule has 7 nitrogen and oxygen atoms in total. The second kappa shape index (κ2) is 5.30. The lowest BCUT2D eigenvalue weighted by atomic mass is 10.1. The van der Waals surface area contributed by atoms with Gasteiger partial charge in [0.05, 0.1) is 39.5 Å². The average molecular weight is 394 g/mol. The Morgan fingerprint density at radius 1 is 1.19 bits per heavy atom. The third-order valence-corrected chi connectivity index (χ3v) is 6.55. The summed E-state index contributed by atoms with van der Waals surface area (Å²) in [5.41, 5.74) is 4.20. The van der Waals surface area contributed by atoms with E-state index >= 15 is 0 Å². The first-order valence-corrected chi connectivity index (χ1v) is 9.97. The maximum absolute atomic E-state index is 13.1. The van der Waals surface area contributed by atoms with Crippen LogP contribution in [-0.4, -0.2) is 23.4 Å². The van der Waals surface area contributed by atoms with Gasteiger partial charge in [-0.05, 0) is 24.3 Å². The van der Waals surface area contributed by atoms with Crippen LogP contribution in [0.25, 0.3) is 33.0 Å². The summed E-state index contributed by atoms with van der Waals surface area (Å²) in [7, 11) is 0. The monoisotopic (exact) mass is 394 g/mol. The van der Waals surface area contributed by atoms with E-state index < -0.39 is 0 Å². The molecule has 0 fully saturated rings. The molecule has 5 aromatic rings. The van der Waals surface area contributed by atoms with Crippen LogP contribution in [0.4, 0.5) is 0 Å². The highest BCUT2D eigenvalue weighted by Crippen LogP contribution is 2.43. The van der Waals surface area contributed by atoms with Crippen LogP contribution in [-0.2, 0) is 5.75 Å². The van der Waals surface area contributed by atoms with Crippen molar-refractivity contribution in [1.82, 2.24) is 18.3 Å². The first kappa shape index (κ1) is 15.2. The van der Waals surface area contributed by atoms with Gasteiger partial charge in [-0.25, -0.2) is 4.98 Å². The largest absolute Gasteiger partial charge is 0.508 e. The highest BCUT2D eigenvalue weighted by molar-refractivity contribution is 7.99. The first-order valence-electron chi connectivity index (χ1n) is 8.19. The number of imidazole rings is 1. The summed E-state index contributed by atoms with van der Waals surface area (Å²) in [5, 5.41) is 9.82. The molecular weight excluding hydrogens is 384 g/mol. The third kappa shape index (κ3) is 2.03. The first-order chi connectivity index (χ1) is 13.2. The lowest BCUT2D eigenvalue weighted by molar-refractivity contribution is 0.474. The van der Waals surface area contributed by atoms with Crippen LogP contribution < -0.4 is 5.43 Å². The Kier molecular flexibility index (Phi) is 2.98. The Morgan fingerprint density at radius 3 is 3.00 bits per heavy atom. The fourth-order valence-electron chi connectivity index (χ4n) is 3.59. The number of benzene rings is 2. The smallest absolute Gasteiger partial charge is 0.198 e. The van der Waals surface area contributed by atoms with Crippen molar-refractivity contribution in [1.29, 1.82) is 0 Å². The Bertz CT molecular complexity index is 1440. The Morgan fingerprint density at radius 2 is 2.07 bits per heavy atom. The van der Waals surface area contributed by atoms with Crippen LogP contribution in [0.2, 0.25) is 0 Å². The summed E-state index contributed by atoms with van der Waals surface area (Å²) in [6, 6.07) is 8.40. The zero-order valence-corrected chi connectivity index (χ0v) is 15.3. The molecule has 1 aliphatic heterocycles. The molecule has 2 aromatic carbocycles. The number of phenols is 1. The van der Waals surface area contributed by atoms with Crippen LogP contribution in [0.5, 0.6) is 5.75 Å². The number of thioether (sulfide) groups is 1. The molecule has 0 radical (unpaired) electrons. The molecule has 132 valence electrons. The van der Waals surface area contributed by atoms with Crippen molar-refractivity contribution in [3.05, 3.63) is 58.2 Å². The molecule has 4 heterocycles. The quantitative estimate of drug-likeness (QED) is 0.464. The summed E-state index contributed by atoms with van der Waals surface area (Å²) in [5.74, 6) is 1.67. The van der Waals surface area contributed by atoms with Crippen LogP contribution >= 0.6 is 23.5 Å². The Labute approximate surface area is 159 Å².